The van der Waals surface area contributed by atoms with Gasteiger partial charge in [0.05, 0.1) is 0 Å². The first-order valence-electron chi connectivity index (χ1n) is 10.4. The lowest BCUT2D eigenvalue weighted by atomic mass is 10.2. The average Bonchev–Trinajstić information content (AvgIpc) is 2.74. The lowest BCUT2D eigenvalue weighted by molar-refractivity contribution is -0.136. The lowest BCUT2D eigenvalue weighted by Gasteiger charge is -2.28. The molecule has 2 aromatic rings. The quantitative estimate of drug-likeness (QED) is 0.565. The van der Waals surface area contributed by atoms with Crippen molar-refractivity contribution in [3.05, 3.63) is 60.7 Å². The van der Waals surface area contributed by atoms with E-state index in [0.29, 0.717) is 13.1 Å². The average molecular weight is 411 g/mol. The van der Waals surface area contributed by atoms with E-state index in [1.165, 1.54) is 0 Å². The Hall–Kier alpha value is -2.70. The normalized spacial score (nSPS) is 11.0. The summed E-state index contributed by atoms with van der Waals surface area (Å²) in [6.45, 7) is 2.67. The van der Waals surface area contributed by atoms with Crippen molar-refractivity contribution in [3.8, 4) is 0 Å². The van der Waals surface area contributed by atoms with Gasteiger partial charge in [-0.15, -0.1) is 0 Å². The SMILES string of the molecule is CN(C)CCCN(C(=O)C(=O)N(CCCN(C)C)c1ccccc1)c1ccccc1. The van der Waals surface area contributed by atoms with Gasteiger partial charge >= 0.3 is 11.8 Å². The van der Waals surface area contributed by atoms with E-state index in [4.69, 9.17) is 0 Å². The number of benzene rings is 2. The van der Waals surface area contributed by atoms with Crippen molar-refractivity contribution in [1.29, 1.82) is 0 Å². The number of rotatable bonds is 10. The third-order valence-electron chi connectivity index (χ3n) is 4.78. The summed E-state index contributed by atoms with van der Waals surface area (Å²) in [6, 6.07) is 18.9. The van der Waals surface area contributed by atoms with E-state index < -0.39 is 11.8 Å². The first kappa shape index (κ1) is 23.6. The number of carbonyl (C=O) groups excluding carboxylic acids is 2. The van der Waals surface area contributed by atoms with E-state index in [1.54, 1.807) is 9.80 Å². The molecule has 2 aromatic carbocycles. The van der Waals surface area contributed by atoms with Gasteiger partial charge in [0.15, 0.2) is 0 Å². The predicted molar refractivity (Wildman–Crippen MR) is 124 cm³/mol. The molecule has 0 N–H and O–H groups in total. The molecule has 0 aliphatic rings. The minimum absolute atomic E-state index is 0.492. The third-order valence-corrected chi connectivity index (χ3v) is 4.78. The molecule has 0 bridgehead atoms. The van der Waals surface area contributed by atoms with Gasteiger partial charge in [-0.05, 0) is 78.4 Å². The first-order valence-corrected chi connectivity index (χ1v) is 10.4. The predicted octanol–water partition coefficient (Wildman–Crippen LogP) is 2.96. The fourth-order valence-corrected chi connectivity index (χ4v) is 3.23. The molecule has 2 amide bonds. The Morgan fingerprint density at radius 1 is 0.567 bits per heavy atom. The molecular formula is C24H34N4O2. The standard InChI is InChI=1S/C24H34N4O2/c1-25(2)17-11-19-27(21-13-7-5-8-14-21)23(29)24(30)28(20-12-18-26(3)4)22-15-9-6-10-16-22/h5-10,13-16H,11-12,17-20H2,1-4H3. The Labute approximate surface area is 180 Å². The topological polar surface area (TPSA) is 47.1 Å². The highest BCUT2D eigenvalue weighted by molar-refractivity contribution is 6.44. The van der Waals surface area contributed by atoms with Crippen molar-refractivity contribution in [2.24, 2.45) is 0 Å². The minimum Gasteiger partial charge on any atom is -0.309 e. The molecule has 0 saturated heterocycles. The van der Waals surface area contributed by atoms with Crippen molar-refractivity contribution in [1.82, 2.24) is 9.80 Å². The van der Waals surface area contributed by atoms with Crippen molar-refractivity contribution >= 4 is 23.2 Å². The summed E-state index contributed by atoms with van der Waals surface area (Å²) in [4.78, 5) is 34.0. The fourth-order valence-electron chi connectivity index (χ4n) is 3.23. The maximum absolute atomic E-state index is 13.3. The smallest absolute Gasteiger partial charge is 0.309 e. The molecule has 0 atom stereocenters. The van der Waals surface area contributed by atoms with E-state index in [-0.39, 0.29) is 0 Å². The van der Waals surface area contributed by atoms with Gasteiger partial charge in [-0.25, -0.2) is 0 Å². The second kappa shape index (κ2) is 12.1. The molecule has 6 nitrogen and oxygen atoms in total. The van der Waals surface area contributed by atoms with E-state index in [9.17, 15) is 9.59 Å². The van der Waals surface area contributed by atoms with Gasteiger partial charge < -0.3 is 19.6 Å². The van der Waals surface area contributed by atoms with Gasteiger partial charge in [0.1, 0.15) is 0 Å². The summed E-state index contributed by atoms with van der Waals surface area (Å²) < 4.78 is 0. The Bertz CT molecular complexity index is 711. The zero-order valence-electron chi connectivity index (χ0n) is 18.6. The molecule has 0 heterocycles. The summed E-state index contributed by atoms with van der Waals surface area (Å²) in [5.41, 5.74) is 1.49. The molecule has 0 spiro atoms. The number of anilines is 2. The molecule has 0 aliphatic carbocycles. The summed E-state index contributed by atoms with van der Waals surface area (Å²) in [7, 11) is 8.01. The summed E-state index contributed by atoms with van der Waals surface area (Å²) >= 11 is 0. The van der Waals surface area contributed by atoms with Crippen LogP contribution in [0.1, 0.15) is 12.8 Å². The molecule has 162 valence electrons. The second-order valence-electron chi connectivity index (χ2n) is 7.90. The highest BCUT2D eigenvalue weighted by Crippen LogP contribution is 2.19. The second-order valence-corrected chi connectivity index (χ2v) is 7.90. The number of hydrogen-bond acceptors (Lipinski definition) is 4. The zero-order valence-corrected chi connectivity index (χ0v) is 18.6. The van der Waals surface area contributed by atoms with Crippen LogP contribution in [0.3, 0.4) is 0 Å². The number of carbonyl (C=O) groups is 2. The molecule has 0 radical (unpaired) electrons. The van der Waals surface area contributed by atoms with Gasteiger partial charge in [-0.3, -0.25) is 9.59 Å². The van der Waals surface area contributed by atoms with Crippen LogP contribution in [0.5, 0.6) is 0 Å². The van der Waals surface area contributed by atoms with E-state index in [0.717, 1.165) is 37.3 Å². The minimum atomic E-state index is -0.492. The zero-order chi connectivity index (χ0) is 21.9. The van der Waals surface area contributed by atoms with Crippen LogP contribution in [0.25, 0.3) is 0 Å². The molecule has 0 saturated carbocycles. The first-order chi connectivity index (χ1) is 14.4. The molecular weight excluding hydrogens is 376 g/mol. The number of hydrogen-bond donors (Lipinski definition) is 0. The van der Waals surface area contributed by atoms with Gasteiger partial charge in [0, 0.05) is 24.5 Å². The van der Waals surface area contributed by atoms with Crippen LogP contribution < -0.4 is 9.80 Å². The highest BCUT2D eigenvalue weighted by atomic mass is 16.2. The van der Waals surface area contributed by atoms with Crippen molar-refractivity contribution in [3.63, 3.8) is 0 Å². The van der Waals surface area contributed by atoms with Gasteiger partial charge in [-0.2, -0.15) is 0 Å². The summed E-state index contributed by atoms with van der Waals surface area (Å²) in [5, 5.41) is 0. The van der Waals surface area contributed by atoms with Crippen molar-refractivity contribution in [2.45, 2.75) is 12.8 Å². The number of nitrogens with zero attached hydrogens (tertiary/aromatic N) is 4. The lowest BCUT2D eigenvalue weighted by Crippen LogP contribution is -2.47. The van der Waals surface area contributed by atoms with E-state index in [1.807, 2.05) is 88.9 Å². The monoisotopic (exact) mass is 410 g/mol. The fraction of sp³-hybridized carbons (Fsp3) is 0.417. The van der Waals surface area contributed by atoms with Crippen LogP contribution in [0, 0.1) is 0 Å². The molecule has 0 unspecified atom stereocenters. The third kappa shape index (κ3) is 7.28. The number of amides is 2. The Balaban J connectivity index is 2.24. The molecule has 2 rings (SSSR count). The van der Waals surface area contributed by atoms with Crippen LogP contribution in [0.2, 0.25) is 0 Å². The Kier molecular flexibility index (Phi) is 9.51. The van der Waals surface area contributed by atoms with Crippen LogP contribution in [0.15, 0.2) is 60.7 Å². The summed E-state index contributed by atoms with van der Waals surface area (Å²) in [5.74, 6) is -0.984. The molecule has 0 aromatic heterocycles. The van der Waals surface area contributed by atoms with Gasteiger partial charge in [0.25, 0.3) is 0 Å². The maximum atomic E-state index is 13.3. The number of para-hydroxylation sites is 2. The Morgan fingerprint density at radius 2 is 0.900 bits per heavy atom. The van der Waals surface area contributed by atoms with E-state index >= 15 is 0 Å². The Morgan fingerprint density at radius 3 is 1.20 bits per heavy atom. The molecule has 6 heteroatoms. The van der Waals surface area contributed by atoms with Crippen molar-refractivity contribution in [2.75, 3.05) is 64.2 Å². The molecule has 0 fully saturated rings. The molecule has 30 heavy (non-hydrogen) atoms. The van der Waals surface area contributed by atoms with Gasteiger partial charge in [-0.1, -0.05) is 36.4 Å². The summed E-state index contributed by atoms with van der Waals surface area (Å²) in [6.07, 6.45) is 1.57. The van der Waals surface area contributed by atoms with Gasteiger partial charge in [0.2, 0.25) is 0 Å². The van der Waals surface area contributed by atoms with Crippen LogP contribution in [-0.4, -0.2) is 76.0 Å². The van der Waals surface area contributed by atoms with Crippen LogP contribution in [-0.2, 0) is 9.59 Å². The van der Waals surface area contributed by atoms with Crippen LogP contribution >= 0.6 is 0 Å². The van der Waals surface area contributed by atoms with Crippen LogP contribution in [0.4, 0.5) is 11.4 Å². The highest BCUT2D eigenvalue weighted by Gasteiger charge is 2.28. The maximum Gasteiger partial charge on any atom is 0.316 e. The largest absolute Gasteiger partial charge is 0.316 e. The molecule has 0 aliphatic heterocycles. The van der Waals surface area contributed by atoms with Crippen molar-refractivity contribution < 1.29 is 9.59 Å². The van der Waals surface area contributed by atoms with E-state index in [2.05, 4.69) is 9.80 Å².